The van der Waals surface area contributed by atoms with Crippen molar-refractivity contribution in [3.05, 3.63) is 55.1 Å². The number of sulfonamides is 1. The average Bonchev–Trinajstić information content (AvgIpc) is 2.89. The van der Waals surface area contributed by atoms with Gasteiger partial charge in [-0.15, -0.1) is 13.2 Å². The maximum Gasteiger partial charge on any atom is 0.331 e. The van der Waals surface area contributed by atoms with E-state index in [-0.39, 0.29) is 10.7 Å². The Labute approximate surface area is 158 Å². The van der Waals surface area contributed by atoms with E-state index in [1.54, 1.807) is 30.4 Å². The largest absolute Gasteiger partial charge is 0.454 e. The number of hydrogen-bond acceptors (Lipinski definition) is 6. The first-order chi connectivity index (χ1) is 12.8. The minimum atomic E-state index is -3.69. The Morgan fingerprint density at radius 2 is 1.89 bits per heavy atom. The number of ether oxygens (including phenoxy) is 1. The van der Waals surface area contributed by atoms with E-state index in [1.165, 1.54) is 17.9 Å². The van der Waals surface area contributed by atoms with Gasteiger partial charge in [-0.1, -0.05) is 24.3 Å². The van der Waals surface area contributed by atoms with E-state index in [2.05, 4.69) is 22.9 Å². The van der Waals surface area contributed by atoms with Crippen LogP contribution in [0.15, 0.2) is 59.5 Å². The van der Waals surface area contributed by atoms with Gasteiger partial charge in [0.1, 0.15) is 11.9 Å². The number of fused-ring (bicyclic) bond motifs is 1. The van der Waals surface area contributed by atoms with E-state index in [9.17, 15) is 18.0 Å². The topological polar surface area (TPSA) is 105 Å². The van der Waals surface area contributed by atoms with Crippen LogP contribution < -0.4 is 4.72 Å². The van der Waals surface area contributed by atoms with Gasteiger partial charge in [-0.25, -0.2) is 13.2 Å². The molecule has 0 bridgehead atoms. The standard InChI is InChI=1S/C18H21N3O5S/c1-4-10-21(11-5-2)16(22)12-26-18(23)13(3)19-17-14-8-6-7-9-15(14)27(24,25)20-17/h4-9,13H,1-2,10-12H2,3H3,(H,19,20). The summed E-state index contributed by atoms with van der Waals surface area (Å²) in [4.78, 5) is 29.8. The normalized spacial score (nSPS) is 16.7. The number of nitrogens with zero attached hydrogens (tertiary/aromatic N) is 2. The lowest BCUT2D eigenvalue weighted by molar-refractivity contribution is -0.152. The number of esters is 1. The van der Waals surface area contributed by atoms with Gasteiger partial charge in [-0.05, 0) is 19.1 Å². The van der Waals surface area contributed by atoms with Gasteiger partial charge in [-0.3, -0.25) is 14.5 Å². The molecule has 27 heavy (non-hydrogen) atoms. The number of rotatable bonds is 8. The summed E-state index contributed by atoms with van der Waals surface area (Å²) in [6.07, 6.45) is 3.11. The zero-order valence-electron chi connectivity index (χ0n) is 14.9. The van der Waals surface area contributed by atoms with Crippen LogP contribution in [0.4, 0.5) is 0 Å². The smallest absolute Gasteiger partial charge is 0.331 e. The van der Waals surface area contributed by atoms with Crippen LogP contribution in [-0.2, 0) is 24.3 Å². The number of nitrogens with one attached hydrogen (secondary N) is 1. The van der Waals surface area contributed by atoms with E-state index in [1.807, 2.05) is 0 Å². The highest BCUT2D eigenvalue weighted by molar-refractivity contribution is 7.90. The van der Waals surface area contributed by atoms with Crippen molar-refractivity contribution in [1.82, 2.24) is 9.62 Å². The highest BCUT2D eigenvalue weighted by atomic mass is 32.2. The van der Waals surface area contributed by atoms with Gasteiger partial charge < -0.3 is 9.64 Å². The Balaban J connectivity index is 2.04. The first-order valence-electron chi connectivity index (χ1n) is 8.16. The van der Waals surface area contributed by atoms with Crippen LogP contribution >= 0.6 is 0 Å². The third kappa shape index (κ3) is 4.82. The van der Waals surface area contributed by atoms with Crippen molar-refractivity contribution in [1.29, 1.82) is 0 Å². The summed E-state index contributed by atoms with van der Waals surface area (Å²) in [5.41, 5.74) is 0.386. The van der Waals surface area contributed by atoms with Gasteiger partial charge in [-0.2, -0.15) is 0 Å². The molecule has 0 aliphatic carbocycles. The molecule has 9 heteroatoms. The Kier molecular flexibility index (Phi) is 6.51. The second kappa shape index (κ2) is 8.63. The molecule has 1 aromatic rings. The minimum Gasteiger partial charge on any atom is -0.454 e. The fourth-order valence-electron chi connectivity index (χ4n) is 2.41. The van der Waals surface area contributed by atoms with E-state index >= 15 is 0 Å². The van der Waals surface area contributed by atoms with Gasteiger partial charge >= 0.3 is 5.97 Å². The number of benzene rings is 1. The molecule has 0 saturated carbocycles. The van der Waals surface area contributed by atoms with Gasteiger partial charge in [0.05, 0.1) is 4.90 Å². The number of aliphatic imine (C=N–C) groups is 1. The average molecular weight is 391 g/mol. The zero-order valence-corrected chi connectivity index (χ0v) is 15.7. The molecular formula is C18H21N3O5S. The number of amides is 1. The molecular weight excluding hydrogens is 370 g/mol. The summed E-state index contributed by atoms with van der Waals surface area (Å²) in [5, 5.41) is 0. The molecule has 1 atom stereocenters. The minimum absolute atomic E-state index is 0.0707. The molecule has 0 saturated heterocycles. The Morgan fingerprint density at radius 1 is 1.26 bits per heavy atom. The van der Waals surface area contributed by atoms with Crippen molar-refractivity contribution < 1.29 is 22.7 Å². The van der Waals surface area contributed by atoms with E-state index in [4.69, 9.17) is 4.74 Å². The van der Waals surface area contributed by atoms with Crippen LogP contribution in [-0.4, -0.2) is 56.8 Å². The van der Waals surface area contributed by atoms with Gasteiger partial charge in [0.2, 0.25) is 0 Å². The maximum atomic E-state index is 12.1. The van der Waals surface area contributed by atoms with Crippen LogP contribution in [0.1, 0.15) is 12.5 Å². The van der Waals surface area contributed by atoms with Crippen molar-refractivity contribution in [3.63, 3.8) is 0 Å². The molecule has 0 spiro atoms. The maximum absolute atomic E-state index is 12.1. The molecule has 0 radical (unpaired) electrons. The summed E-state index contributed by atoms with van der Waals surface area (Å²) >= 11 is 0. The van der Waals surface area contributed by atoms with Crippen molar-refractivity contribution in [3.8, 4) is 0 Å². The molecule has 1 aromatic carbocycles. The third-order valence-corrected chi connectivity index (χ3v) is 5.11. The van der Waals surface area contributed by atoms with Crippen LogP contribution in [0.25, 0.3) is 0 Å². The quantitative estimate of drug-likeness (QED) is 0.523. The van der Waals surface area contributed by atoms with Gasteiger partial charge in [0.25, 0.3) is 15.9 Å². The summed E-state index contributed by atoms with van der Waals surface area (Å²) < 4.78 is 31.4. The van der Waals surface area contributed by atoms with Crippen LogP contribution in [0.5, 0.6) is 0 Å². The van der Waals surface area contributed by atoms with Crippen molar-refractivity contribution in [2.24, 2.45) is 4.99 Å². The predicted molar refractivity (Wildman–Crippen MR) is 101 cm³/mol. The van der Waals surface area contributed by atoms with Gasteiger partial charge in [0.15, 0.2) is 6.61 Å². The number of carbonyl (C=O) groups is 2. The predicted octanol–water partition coefficient (Wildman–Crippen LogP) is 0.857. The Hall–Kier alpha value is -2.94. The fourth-order valence-corrected chi connectivity index (χ4v) is 3.65. The molecule has 0 fully saturated rings. The number of carbonyl (C=O) groups excluding carboxylic acids is 2. The lowest BCUT2D eigenvalue weighted by atomic mass is 10.2. The van der Waals surface area contributed by atoms with Crippen LogP contribution in [0.2, 0.25) is 0 Å². The molecule has 2 rings (SSSR count). The van der Waals surface area contributed by atoms with Crippen molar-refractivity contribution in [2.45, 2.75) is 17.9 Å². The molecule has 1 aliphatic heterocycles. The summed E-state index contributed by atoms with van der Waals surface area (Å²) in [7, 11) is -3.69. The van der Waals surface area contributed by atoms with Crippen LogP contribution in [0.3, 0.4) is 0 Å². The summed E-state index contributed by atoms with van der Waals surface area (Å²) in [6.45, 7) is 8.75. The Morgan fingerprint density at radius 3 is 2.52 bits per heavy atom. The fraction of sp³-hybridized carbons (Fsp3) is 0.278. The van der Waals surface area contributed by atoms with E-state index in [0.29, 0.717) is 18.7 Å². The van der Waals surface area contributed by atoms with E-state index < -0.39 is 34.5 Å². The first-order valence-corrected chi connectivity index (χ1v) is 9.64. The third-order valence-electron chi connectivity index (χ3n) is 3.72. The monoisotopic (exact) mass is 391 g/mol. The SMILES string of the molecule is C=CCN(CC=C)C(=O)COC(=O)C(C)N=C1NS(=O)(=O)c2ccccc21. The van der Waals surface area contributed by atoms with Gasteiger partial charge in [0, 0.05) is 18.7 Å². The molecule has 1 heterocycles. The molecule has 1 aliphatic rings. The highest BCUT2D eigenvalue weighted by Gasteiger charge is 2.31. The molecule has 8 nitrogen and oxygen atoms in total. The number of amidine groups is 1. The lowest BCUT2D eigenvalue weighted by Crippen LogP contribution is -2.36. The second-order valence-corrected chi connectivity index (χ2v) is 7.39. The van der Waals surface area contributed by atoms with Crippen LogP contribution in [0, 0.1) is 0 Å². The lowest BCUT2D eigenvalue weighted by Gasteiger charge is -2.19. The van der Waals surface area contributed by atoms with E-state index in [0.717, 1.165) is 0 Å². The summed E-state index contributed by atoms with van der Waals surface area (Å²) in [6, 6.07) is 5.33. The Bertz CT molecular complexity index is 882. The van der Waals surface area contributed by atoms with Crippen molar-refractivity contribution >= 4 is 27.7 Å². The molecule has 1 amide bonds. The van der Waals surface area contributed by atoms with Crippen molar-refractivity contribution in [2.75, 3.05) is 19.7 Å². The molecule has 0 aromatic heterocycles. The second-order valence-electron chi connectivity index (χ2n) is 5.74. The molecule has 1 unspecified atom stereocenters. The summed E-state index contributed by atoms with van der Waals surface area (Å²) in [5.74, 6) is -1.06. The molecule has 1 N–H and O–H groups in total. The first kappa shape index (κ1) is 20.4. The zero-order chi connectivity index (χ0) is 20.0. The highest BCUT2D eigenvalue weighted by Crippen LogP contribution is 2.22. The number of hydrogen-bond donors (Lipinski definition) is 1. The molecule has 144 valence electrons.